The average molecular weight is 380 g/mol. The van der Waals surface area contributed by atoms with E-state index in [1.807, 2.05) is 13.0 Å². The Kier molecular flexibility index (Phi) is 4.66. The zero-order valence-electron chi connectivity index (χ0n) is 14.4. The predicted octanol–water partition coefficient (Wildman–Crippen LogP) is 1.67. The van der Waals surface area contributed by atoms with Crippen molar-refractivity contribution in [2.24, 2.45) is 21.7 Å². The van der Waals surface area contributed by atoms with Crippen molar-refractivity contribution in [2.75, 3.05) is 0 Å². The van der Waals surface area contributed by atoms with Crippen molar-refractivity contribution in [2.45, 2.75) is 11.8 Å². The van der Waals surface area contributed by atoms with Gasteiger partial charge in [0.2, 0.25) is 5.96 Å². The van der Waals surface area contributed by atoms with Crippen LogP contribution in [0.15, 0.2) is 63.8 Å². The number of nitrogens with zero attached hydrogens (tertiary/aromatic N) is 4. The SMILES string of the molecule is Cc1ccc(S(=O)(=O)n2cc(/C=N/N=C(N)N)c3cc(C#N)ccc32)cc1. The molecule has 27 heavy (non-hydrogen) atoms. The lowest BCUT2D eigenvalue weighted by Crippen LogP contribution is -2.21. The lowest BCUT2D eigenvalue weighted by Gasteiger charge is -2.08. The maximum absolute atomic E-state index is 13.1. The van der Waals surface area contributed by atoms with Gasteiger partial charge in [-0.25, -0.2) is 12.4 Å². The number of fused-ring (bicyclic) bond motifs is 1. The highest BCUT2D eigenvalue weighted by molar-refractivity contribution is 7.90. The summed E-state index contributed by atoms with van der Waals surface area (Å²) in [6.45, 7) is 1.88. The number of nitriles is 1. The molecule has 0 aliphatic heterocycles. The summed E-state index contributed by atoms with van der Waals surface area (Å²) < 4.78 is 27.3. The Labute approximate surface area is 156 Å². The molecule has 0 aliphatic carbocycles. The highest BCUT2D eigenvalue weighted by atomic mass is 32.2. The van der Waals surface area contributed by atoms with E-state index in [-0.39, 0.29) is 10.9 Å². The molecule has 0 fully saturated rings. The summed E-state index contributed by atoms with van der Waals surface area (Å²) in [6, 6.07) is 13.3. The van der Waals surface area contributed by atoms with Crippen molar-refractivity contribution >= 4 is 33.1 Å². The van der Waals surface area contributed by atoms with Gasteiger partial charge in [-0.1, -0.05) is 17.7 Å². The molecule has 0 amide bonds. The maximum atomic E-state index is 13.1. The van der Waals surface area contributed by atoms with Crippen molar-refractivity contribution in [3.63, 3.8) is 0 Å². The van der Waals surface area contributed by atoms with Gasteiger partial charge >= 0.3 is 0 Å². The van der Waals surface area contributed by atoms with E-state index in [1.165, 1.54) is 12.4 Å². The maximum Gasteiger partial charge on any atom is 0.268 e. The van der Waals surface area contributed by atoms with E-state index in [2.05, 4.69) is 10.2 Å². The van der Waals surface area contributed by atoms with Gasteiger partial charge in [0.25, 0.3) is 10.0 Å². The van der Waals surface area contributed by atoms with E-state index >= 15 is 0 Å². The van der Waals surface area contributed by atoms with Crippen LogP contribution in [0.4, 0.5) is 0 Å². The molecule has 0 spiro atoms. The van der Waals surface area contributed by atoms with E-state index in [9.17, 15) is 8.42 Å². The number of rotatable bonds is 4. The van der Waals surface area contributed by atoms with Gasteiger partial charge in [-0.3, -0.25) is 0 Å². The van der Waals surface area contributed by atoms with Crippen LogP contribution >= 0.6 is 0 Å². The van der Waals surface area contributed by atoms with Crippen LogP contribution in [0.5, 0.6) is 0 Å². The van der Waals surface area contributed by atoms with Crippen molar-refractivity contribution in [3.8, 4) is 6.07 Å². The molecule has 0 bridgehead atoms. The third-order valence-corrected chi connectivity index (χ3v) is 5.57. The van der Waals surface area contributed by atoms with Crippen LogP contribution in [0.1, 0.15) is 16.7 Å². The van der Waals surface area contributed by atoms with E-state index in [4.69, 9.17) is 16.7 Å². The number of hydrogen-bond donors (Lipinski definition) is 2. The molecule has 1 heterocycles. The monoisotopic (exact) mass is 380 g/mol. The Balaban J connectivity index is 2.24. The molecule has 0 saturated heterocycles. The zero-order chi connectivity index (χ0) is 19.6. The lowest BCUT2D eigenvalue weighted by molar-refractivity contribution is 0.589. The quantitative estimate of drug-likeness (QED) is 0.402. The van der Waals surface area contributed by atoms with Gasteiger partial charge in [-0.05, 0) is 37.3 Å². The van der Waals surface area contributed by atoms with Gasteiger partial charge < -0.3 is 11.5 Å². The first-order valence-electron chi connectivity index (χ1n) is 7.82. The Morgan fingerprint density at radius 3 is 2.52 bits per heavy atom. The molecule has 2 aromatic carbocycles. The lowest BCUT2D eigenvalue weighted by atomic mass is 10.1. The van der Waals surface area contributed by atoms with Crippen LogP contribution in [0.3, 0.4) is 0 Å². The molecule has 0 atom stereocenters. The summed E-state index contributed by atoms with van der Waals surface area (Å²) in [5, 5.41) is 17.0. The topological polar surface area (TPSA) is 140 Å². The first-order chi connectivity index (χ1) is 12.8. The average Bonchev–Trinajstić information content (AvgIpc) is 3.00. The number of benzene rings is 2. The number of aryl methyl sites for hydroxylation is 1. The minimum Gasteiger partial charge on any atom is -0.369 e. The van der Waals surface area contributed by atoms with E-state index in [1.54, 1.807) is 42.5 Å². The second-order valence-electron chi connectivity index (χ2n) is 5.81. The van der Waals surface area contributed by atoms with Crippen LogP contribution in [-0.4, -0.2) is 24.6 Å². The number of nitrogens with two attached hydrogens (primary N) is 2. The van der Waals surface area contributed by atoms with E-state index in [0.29, 0.717) is 22.0 Å². The first-order valence-corrected chi connectivity index (χ1v) is 9.26. The van der Waals surface area contributed by atoms with Crippen LogP contribution in [0.25, 0.3) is 10.9 Å². The molecule has 0 radical (unpaired) electrons. The normalized spacial score (nSPS) is 11.6. The van der Waals surface area contributed by atoms with Crippen molar-refractivity contribution in [1.82, 2.24) is 3.97 Å². The number of guanidine groups is 1. The fraction of sp³-hybridized carbons (Fsp3) is 0.0556. The molecule has 136 valence electrons. The Hall–Kier alpha value is -3.64. The summed E-state index contributed by atoms with van der Waals surface area (Å²) in [6.07, 6.45) is 2.76. The smallest absolute Gasteiger partial charge is 0.268 e. The molecule has 0 unspecified atom stereocenters. The molecule has 0 aliphatic rings. The molecule has 1 aromatic heterocycles. The Morgan fingerprint density at radius 1 is 1.19 bits per heavy atom. The Bertz CT molecular complexity index is 1210. The van der Waals surface area contributed by atoms with E-state index in [0.717, 1.165) is 9.54 Å². The van der Waals surface area contributed by atoms with Crippen molar-refractivity contribution < 1.29 is 8.42 Å². The van der Waals surface area contributed by atoms with Gasteiger partial charge in [0.1, 0.15) is 0 Å². The first kappa shape index (κ1) is 18.2. The summed E-state index contributed by atoms with van der Waals surface area (Å²) in [4.78, 5) is 0.155. The summed E-state index contributed by atoms with van der Waals surface area (Å²) >= 11 is 0. The van der Waals surface area contributed by atoms with Gasteiger partial charge in [-0.2, -0.15) is 10.4 Å². The van der Waals surface area contributed by atoms with Crippen LogP contribution in [0, 0.1) is 18.3 Å². The highest BCUT2D eigenvalue weighted by Crippen LogP contribution is 2.26. The third-order valence-electron chi connectivity index (χ3n) is 3.88. The molecule has 3 rings (SSSR count). The highest BCUT2D eigenvalue weighted by Gasteiger charge is 2.21. The summed E-state index contributed by atoms with van der Waals surface area (Å²) in [5.41, 5.74) is 12.7. The molecular formula is C18H16N6O2S. The Morgan fingerprint density at radius 2 is 1.89 bits per heavy atom. The second-order valence-corrected chi connectivity index (χ2v) is 7.63. The van der Waals surface area contributed by atoms with Gasteiger partial charge in [0.05, 0.1) is 28.3 Å². The zero-order valence-corrected chi connectivity index (χ0v) is 15.2. The third kappa shape index (κ3) is 3.51. The summed E-state index contributed by atoms with van der Waals surface area (Å²) in [5.74, 6) is -0.222. The second kappa shape index (κ2) is 6.93. The van der Waals surface area contributed by atoms with Crippen LogP contribution in [-0.2, 0) is 10.0 Å². The minimum atomic E-state index is -3.84. The predicted molar refractivity (Wildman–Crippen MR) is 104 cm³/mol. The molecule has 9 heteroatoms. The number of hydrogen-bond acceptors (Lipinski definition) is 5. The number of aromatic nitrogens is 1. The fourth-order valence-electron chi connectivity index (χ4n) is 2.58. The standard InChI is InChI=1S/C18H16N6O2S/c1-12-2-5-15(6-3-12)27(25,26)24-11-14(10-22-23-18(20)21)16-8-13(9-19)4-7-17(16)24/h2-8,10-11H,1H3,(H4,20,21,23)/b22-10+. The molecule has 8 nitrogen and oxygen atoms in total. The summed E-state index contributed by atoms with van der Waals surface area (Å²) in [7, 11) is -3.84. The van der Waals surface area contributed by atoms with Crippen LogP contribution in [0.2, 0.25) is 0 Å². The largest absolute Gasteiger partial charge is 0.369 e. The van der Waals surface area contributed by atoms with Crippen molar-refractivity contribution in [3.05, 3.63) is 65.4 Å². The molecule has 3 aromatic rings. The van der Waals surface area contributed by atoms with Crippen LogP contribution < -0.4 is 11.5 Å². The van der Waals surface area contributed by atoms with Gasteiger partial charge in [0, 0.05) is 17.1 Å². The van der Waals surface area contributed by atoms with Gasteiger partial charge in [-0.15, -0.1) is 5.10 Å². The van der Waals surface area contributed by atoms with Gasteiger partial charge in [0.15, 0.2) is 0 Å². The van der Waals surface area contributed by atoms with Crippen molar-refractivity contribution in [1.29, 1.82) is 5.26 Å². The van der Waals surface area contributed by atoms with E-state index < -0.39 is 10.0 Å². The fourth-order valence-corrected chi connectivity index (χ4v) is 3.96. The minimum absolute atomic E-state index is 0.155. The molecule has 4 N–H and O–H groups in total. The molecule has 0 saturated carbocycles. The molecular weight excluding hydrogens is 364 g/mol.